The Balaban J connectivity index is 0.000000388. The molecule has 0 spiro atoms. The summed E-state index contributed by atoms with van der Waals surface area (Å²) in [5.41, 5.74) is 34.0. The molecule has 1 aliphatic heterocycles. The van der Waals surface area contributed by atoms with Gasteiger partial charge in [0.2, 0.25) is 0 Å². The van der Waals surface area contributed by atoms with Crippen LogP contribution in [-0.4, -0.2) is 6.21 Å². The van der Waals surface area contributed by atoms with Gasteiger partial charge in [-0.15, -0.1) is 5.69 Å². The van der Waals surface area contributed by atoms with Crippen molar-refractivity contribution in [1.82, 2.24) is 0 Å². The molecule has 15 rings (SSSR count). The van der Waals surface area contributed by atoms with Crippen LogP contribution in [0.4, 0.5) is 11.4 Å². The minimum atomic E-state index is 0. The van der Waals surface area contributed by atoms with Crippen LogP contribution >= 0.6 is 31.8 Å². The van der Waals surface area contributed by atoms with Crippen LogP contribution in [0.25, 0.3) is 5.32 Å². The molecule has 1 heterocycles. The van der Waals surface area contributed by atoms with Gasteiger partial charge in [-0.1, -0.05) is 430 Å². The summed E-state index contributed by atoms with van der Waals surface area (Å²) in [7, 11) is 6.44. The molecule has 1 saturated heterocycles. The first-order chi connectivity index (χ1) is 70.2. The van der Waals surface area contributed by atoms with Crippen molar-refractivity contribution in [2.24, 2.45) is 4.99 Å². The van der Waals surface area contributed by atoms with Crippen LogP contribution in [0, 0.1) is 113 Å². The minimum absolute atomic E-state index is 0. The average molecular weight is 2130 g/mol. The Labute approximate surface area is 922 Å². The van der Waals surface area contributed by atoms with Gasteiger partial charge in [-0.05, 0) is 279 Å². The van der Waals surface area contributed by atoms with Crippen molar-refractivity contribution in [3.05, 3.63) is 516 Å². The number of hydrogen-bond donors (Lipinski definition) is 0. The quantitative estimate of drug-likeness (QED) is 0.0119. The zero-order chi connectivity index (χ0) is 103. The third kappa shape index (κ3) is 39.1. The molecule has 146 heavy (non-hydrogen) atoms. The van der Waals surface area contributed by atoms with Gasteiger partial charge in [0.1, 0.15) is 0 Å². The van der Waals surface area contributed by atoms with Crippen molar-refractivity contribution in [1.29, 1.82) is 0 Å². The monoisotopic (exact) mass is 2130 g/mol. The molecule has 12 aromatic rings. The molecule has 760 valence electrons. The number of rotatable bonds is 44. The van der Waals surface area contributed by atoms with Gasteiger partial charge in [0, 0.05) is 148 Å². The van der Waals surface area contributed by atoms with Crippen molar-refractivity contribution >= 4 is 49.4 Å². The number of aryl methyl sites for hydroxylation is 14. The van der Waals surface area contributed by atoms with Gasteiger partial charge in [-0.2, -0.15) is 6.20 Å². The number of para-hydroxylation sites is 2. The number of unbranched alkanes of at least 4 members (excludes halogenated alkanes) is 10. The number of allylic oxidation sites excluding steroid dienone is 1. The smallest absolute Gasteiger partial charge is 0 e. The maximum absolute atomic E-state index is 7.50. The Morgan fingerprint density at radius 2 is 0.356 bits per heavy atom. The fourth-order valence-electron chi connectivity index (χ4n) is 18.7. The number of nitrogens with zero attached hydrogens (tertiary/aromatic N) is 2. The van der Waals surface area contributed by atoms with Crippen LogP contribution in [0.2, 0.25) is 0 Å². The molecule has 12 aromatic carbocycles. The maximum Gasteiger partial charge on any atom is 0 e. The van der Waals surface area contributed by atoms with E-state index in [1.807, 2.05) is 6.08 Å². The van der Waals surface area contributed by atoms with E-state index in [-0.39, 0.29) is 51.2 Å². The van der Waals surface area contributed by atoms with Gasteiger partial charge >= 0.3 is 45.2 Å². The topological polar surface area (TPSA) is 106 Å². The Morgan fingerprint density at radius 3 is 0.486 bits per heavy atom. The molecule has 3 fully saturated rings. The summed E-state index contributed by atoms with van der Waals surface area (Å²) < 4.78 is 30.0. The standard InChI is InChI=1S/2C55H65.C19H21N2.4CO.Fe.2Mn.P4/c2*1-6-11-16-41-21-31-46(32-22-41)51-52(47-33-23-42(24-34-47)17-12-7-2)54(49-37-27-44(28-38-49)19-14-9-4)55(50-39-29-45(30-40-50)20-15-10-5)53(51)48-35-25-43(26-36-48)18-13-8-3;1-14-8-5-9-15(2)18(14)20-12-7-13-21-19-16(3)10-6-11-17(19)4;4*1-2;;;;1-2-4-3-1/h2*21-40H,6-20H2,1-5H3;5-13H,1-4H3;;;;;;;;/q;;-1;;;;;;;;/b;;12-7-,21-13?;;;;;;;;. The fourth-order valence-corrected chi connectivity index (χ4v) is 21.9. The normalized spacial score (nSPS) is 14.0. The van der Waals surface area contributed by atoms with E-state index in [9.17, 15) is 0 Å². The van der Waals surface area contributed by atoms with E-state index in [0.717, 1.165) is 75.6 Å². The van der Waals surface area contributed by atoms with E-state index in [0.29, 0.717) is 0 Å². The van der Waals surface area contributed by atoms with Crippen LogP contribution in [0.15, 0.2) is 296 Å². The van der Waals surface area contributed by atoms with Crippen LogP contribution in [-0.2, 0) is 134 Å². The molecule has 0 bridgehead atoms. The molecule has 6 nitrogen and oxygen atoms in total. The molecule has 0 N–H and O–H groups in total. The number of aliphatic imine (C=N–C) groups is 1. The van der Waals surface area contributed by atoms with Gasteiger partial charge in [0.05, 0.1) is 5.69 Å². The molecule has 2 aliphatic carbocycles. The average Bonchev–Trinajstić information content (AvgIpc) is 1.57. The molecule has 0 aromatic heterocycles. The molecular formula is C133H151FeMn2N2O4P4-. The molecule has 0 amide bonds. The number of benzene rings is 12. The molecule has 0 atom stereocenters. The molecule has 0 unspecified atom stereocenters. The second-order valence-electron chi connectivity index (χ2n) is 37.3. The van der Waals surface area contributed by atoms with E-state index >= 15 is 0 Å². The van der Waals surface area contributed by atoms with Gasteiger partial charge in [-0.3, -0.25) is 4.99 Å². The Hall–Kier alpha value is -7.91. The molecule has 13 heteroatoms. The van der Waals surface area contributed by atoms with Crippen LogP contribution < -0.4 is 0 Å². The second kappa shape index (κ2) is 74.1. The van der Waals surface area contributed by atoms with E-state index in [4.69, 9.17) is 18.6 Å². The molecule has 3 aliphatic rings. The zero-order valence-corrected chi connectivity index (χ0v) is 96.0. The summed E-state index contributed by atoms with van der Waals surface area (Å²) >= 11 is 0. The number of hydrogen-bond acceptors (Lipinski definition) is 1. The van der Waals surface area contributed by atoms with E-state index < -0.39 is 0 Å². The van der Waals surface area contributed by atoms with E-state index in [1.165, 1.54) is 321 Å². The predicted molar refractivity (Wildman–Crippen MR) is 610 cm³/mol. The maximum atomic E-state index is 7.50. The summed E-state index contributed by atoms with van der Waals surface area (Å²) in [4.78, 5) is 4.51. The third-order valence-corrected chi connectivity index (χ3v) is 39.5. The Morgan fingerprint density at radius 1 is 0.219 bits per heavy atom. The summed E-state index contributed by atoms with van der Waals surface area (Å²) in [6, 6.07) is 108. The van der Waals surface area contributed by atoms with E-state index in [2.05, 4.69) is 413 Å². The summed E-state index contributed by atoms with van der Waals surface area (Å²) in [5.74, 6) is 13.5. The fraction of sp³-hybridized carbons (Fsp3) is 0.331. The van der Waals surface area contributed by atoms with Crippen LogP contribution in [0.3, 0.4) is 0 Å². The predicted octanol–water partition coefficient (Wildman–Crippen LogP) is 38.8. The summed E-state index contributed by atoms with van der Waals surface area (Å²) in [6.07, 6.45) is 41.0. The van der Waals surface area contributed by atoms with Gasteiger partial charge in [0.15, 0.2) is 0 Å². The summed E-state index contributed by atoms with van der Waals surface area (Å²) in [6.45, 7) is 49.1. The van der Waals surface area contributed by atoms with E-state index in [1.54, 1.807) is 44.2 Å². The summed E-state index contributed by atoms with van der Waals surface area (Å²) in [5, 5.41) is 4.51. The van der Waals surface area contributed by atoms with Crippen molar-refractivity contribution in [3.63, 3.8) is 0 Å². The molecule has 16 radical (unpaired) electrons. The SMILES string of the molecule is CCCCc1ccc([C]2[C](c3ccc(CCCC)cc3)[C](c3ccc(CCCC)cc3)[C](c3ccc(CCCC)cc3)[C]2c2ccc(CCCC)cc2)cc1.CCCCc1ccc([C]2[C](c3ccc(CCCC)cc3)[C](c3ccc(CCCC)cc3)[C](c3ccc(CCCC)cc3)[C]2c2ccc(CCCC)cc2)cc1.Cc1cccc(C)c1N=C/C=C\[N-]c1c(C)cccc1C.[C-]#[O+].[C-]#[O+].[C-]#[O+].[C-]#[O+].[Fe].[Mn].[Mn].[P]1[P][P][P]1. The molecular weight excluding hydrogens is 1980 g/mol. The van der Waals surface area contributed by atoms with Crippen molar-refractivity contribution < 1.29 is 69.8 Å². The van der Waals surface area contributed by atoms with Gasteiger partial charge < -0.3 is 5.32 Å². The zero-order valence-electron chi connectivity index (χ0n) is 88.9. The first-order valence-corrected chi connectivity index (χ1v) is 59.0. The van der Waals surface area contributed by atoms with Gasteiger partial charge in [0.25, 0.3) is 0 Å². The van der Waals surface area contributed by atoms with Gasteiger partial charge in [-0.25, -0.2) is 0 Å². The van der Waals surface area contributed by atoms with Crippen LogP contribution in [0.5, 0.6) is 0 Å². The van der Waals surface area contributed by atoms with Crippen molar-refractivity contribution in [2.75, 3.05) is 0 Å². The van der Waals surface area contributed by atoms with Crippen molar-refractivity contribution in [3.8, 4) is 0 Å². The largest absolute Gasteiger partial charge is 0 e. The van der Waals surface area contributed by atoms with Crippen molar-refractivity contribution in [2.45, 2.75) is 290 Å². The Kier molecular flexibility index (Phi) is 65.2. The minimum Gasteiger partial charge on any atom is 0 e. The first kappa shape index (κ1) is 129. The Bertz CT molecular complexity index is 4680. The molecule has 2 saturated carbocycles. The second-order valence-corrected chi connectivity index (χ2v) is 46.6. The van der Waals surface area contributed by atoms with Crippen LogP contribution in [0.1, 0.15) is 331 Å². The third-order valence-electron chi connectivity index (χ3n) is 26.7. The first-order valence-electron chi connectivity index (χ1n) is 52.6.